The Morgan fingerprint density at radius 2 is 1.85 bits per heavy atom. The molecule has 1 aliphatic carbocycles. The first-order valence-electron chi connectivity index (χ1n) is 7.60. The minimum Gasteiger partial charge on any atom is -0.467 e. The lowest BCUT2D eigenvalue weighted by Crippen LogP contribution is -2.36. The Kier molecular flexibility index (Phi) is 3.93. The van der Waals surface area contributed by atoms with Crippen molar-refractivity contribution in [1.29, 1.82) is 0 Å². The number of furan rings is 1. The molecule has 0 bridgehead atoms. The van der Waals surface area contributed by atoms with Gasteiger partial charge in [-0.3, -0.25) is 0 Å². The smallest absolute Gasteiger partial charge is 0.125 e. The molecule has 0 spiro atoms. The number of hydrogen-bond donors (Lipinski definition) is 1. The molecule has 0 aliphatic heterocycles. The largest absolute Gasteiger partial charge is 0.467 e. The summed E-state index contributed by atoms with van der Waals surface area (Å²) in [6, 6.07) is 15.3. The standard InChI is InChI=1S/C18H23NO/c1-13-10-11-16(14(13)2)19-18(17-9-6-12-20-17)15-7-4-3-5-8-15/h3-9,12-14,16,18-19H,10-11H2,1-2H3. The number of benzene rings is 1. The second-order valence-corrected chi connectivity index (χ2v) is 6.05. The molecule has 1 heterocycles. The van der Waals surface area contributed by atoms with Crippen molar-refractivity contribution in [3.8, 4) is 0 Å². The Balaban J connectivity index is 1.84. The molecule has 1 N–H and O–H groups in total. The first-order chi connectivity index (χ1) is 9.75. The van der Waals surface area contributed by atoms with Crippen LogP contribution >= 0.6 is 0 Å². The normalized spacial score (nSPS) is 27.6. The molecule has 0 amide bonds. The molecule has 4 unspecified atom stereocenters. The van der Waals surface area contributed by atoms with Gasteiger partial charge in [0.05, 0.1) is 12.3 Å². The summed E-state index contributed by atoms with van der Waals surface area (Å²) < 4.78 is 5.66. The van der Waals surface area contributed by atoms with Crippen molar-refractivity contribution in [3.05, 3.63) is 60.1 Å². The van der Waals surface area contributed by atoms with Crippen LogP contribution in [0.25, 0.3) is 0 Å². The highest BCUT2D eigenvalue weighted by Crippen LogP contribution is 2.34. The summed E-state index contributed by atoms with van der Waals surface area (Å²) in [7, 11) is 0. The summed E-state index contributed by atoms with van der Waals surface area (Å²) in [6.07, 6.45) is 4.33. The van der Waals surface area contributed by atoms with E-state index in [0.717, 1.165) is 17.6 Å². The minimum atomic E-state index is 0.156. The molecule has 1 aromatic heterocycles. The molecule has 3 rings (SSSR count). The molecular weight excluding hydrogens is 246 g/mol. The Labute approximate surface area is 121 Å². The lowest BCUT2D eigenvalue weighted by atomic mass is 9.96. The summed E-state index contributed by atoms with van der Waals surface area (Å²) >= 11 is 0. The first kappa shape index (κ1) is 13.4. The fraction of sp³-hybridized carbons (Fsp3) is 0.444. The van der Waals surface area contributed by atoms with Crippen molar-refractivity contribution < 1.29 is 4.42 Å². The fourth-order valence-corrected chi connectivity index (χ4v) is 3.26. The van der Waals surface area contributed by atoms with Crippen LogP contribution in [0.5, 0.6) is 0 Å². The molecule has 1 saturated carbocycles. The highest BCUT2D eigenvalue weighted by Gasteiger charge is 2.32. The van der Waals surface area contributed by atoms with E-state index in [-0.39, 0.29) is 6.04 Å². The van der Waals surface area contributed by atoms with Gasteiger partial charge >= 0.3 is 0 Å². The number of rotatable bonds is 4. The van der Waals surface area contributed by atoms with Crippen LogP contribution in [0.15, 0.2) is 53.1 Å². The van der Waals surface area contributed by atoms with E-state index < -0.39 is 0 Å². The topological polar surface area (TPSA) is 25.2 Å². The maximum absolute atomic E-state index is 5.66. The molecule has 0 saturated heterocycles. The van der Waals surface area contributed by atoms with E-state index in [1.54, 1.807) is 6.26 Å². The third-order valence-electron chi connectivity index (χ3n) is 4.81. The van der Waals surface area contributed by atoms with Crippen molar-refractivity contribution in [3.63, 3.8) is 0 Å². The van der Waals surface area contributed by atoms with E-state index in [1.807, 2.05) is 6.07 Å². The predicted molar refractivity (Wildman–Crippen MR) is 81.5 cm³/mol. The van der Waals surface area contributed by atoms with Crippen molar-refractivity contribution >= 4 is 0 Å². The predicted octanol–water partition coefficient (Wildman–Crippen LogP) is 4.39. The van der Waals surface area contributed by atoms with Crippen molar-refractivity contribution in [2.45, 2.75) is 38.8 Å². The second kappa shape index (κ2) is 5.84. The zero-order valence-electron chi connectivity index (χ0n) is 12.3. The van der Waals surface area contributed by atoms with Crippen molar-refractivity contribution in [2.75, 3.05) is 0 Å². The van der Waals surface area contributed by atoms with Gasteiger partial charge in [0.15, 0.2) is 0 Å². The number of hydrogen-bond acceptors (Lipinski definition) is 2. The van der Waals surface area contributed by atoms with Crippen LogP contribution in [0.3, 0.4) is 0 Å². The van der Waals surface area contributed by atoms with Crippen LogP contribution < -0.4 is 5.32 Å². The summed E-state index contributed by atoms with van der Waals surface area (Å²) in [6.45, 7) is 4.72. The quantitative estimate of drug-likeness (QED) is 0.890. The molecular formula is C18H23NO. The minimum absolute atomic E-state index is 0.156. The maximum Gasteiger partial charge on any atom is 0.125 e. The van der Waals surface area contributed by atoms with Gasteiger partial charge in [-0.2, -0.15) is 0 Å². The molecule has 4 atom stereocenters. The lowest BCUT2D eigenvalue weighted by molar-refractivity contribution is 0.334. The van der Waals surface area contributed by atoms with E-state index in [1.165, 1.54) is 18.4 Å². The highest BCUT2D eigenvalue weighted by atomic mass is 16.3. The van der Waals surface area contributed by atoms with Crippen LogP contribution in [0.1, 0.15) is 44.1 Å². The average Bonchev–Trinajstić information content (AvgIpc) is 3.10. The molecule has 2 nitrogen and oxygen atoms in total. The van der Waals surface area contributed by atoms with Gasteiger partial charge in [-0.15, -0.1) is 0 Å². The summed E-state index contributed by atoms with van der Waals surface area (Å²) in [4.78, 5) is 0. The Morgan fingerprint density at radius 3 is 2.45 bits per heavy atom. The molecule has 1 fully saturated rings. The van der Waals surface area contributed by atoms with Crippen molar-refractivity contribution in [2.24, 2.45) is 11.8 Å². The molecule has 1 aromatic carbocycles. The van der Waals surface area contributed by atoms with Crippen LogP contribution in [0.4, 0.5) is 0 Å². The second-order valence-electron chi connectivity index (χ2n) is 6.05. The molecule has 2 heteroatoms. The summed E-state index contributed by atoms with van der Waals surface area (Å²) in [5.41, 5.74) is 1.27. The third kappa shape index (κ3) is 2.66. The van der Waals surface area contributed by atoms with Crippen LogP contribution in [0, 0.1) is 11.8 Å². The monoisotopic (exact) mass is 269 g/mol. The van der Waals surface area contributed by atoms with Gasteiger partial charge in [-0.05, 0) is 42.4 Å². The van der Waals surface area contributed by atoms with E-state index in [0.29, 0.717) is 6.04 Å². The van der Waals surface area contributed by atoms with E-state index in [9.17, 15) is 0 Å². The molecule has 2 aromatic rings. The summed E-state index contributed by atoms with van der Waals surface area (Å²) in [5, 5.41) is 3.82. The van der Waals surface area contributed by atoms with E-state index in [4.69, 9.17) is 4.42 Å². The van der Waals surface area contributed by atoms with Gasteiger partial charge < -0.3 is 9.73 Å². The SMILES string of the molecule is CC1CCC(NC(c2ccccc2)c2ccco2)C1C. The fourth-order valence-electron chi connectivity index (χ4n) is 3.26. The highest BCUT2D eigenvalue weighted by molar-refractivity contribution is 5.26. The van der Waals surface area contributed by atoms with Crippen LogP contribution in [0.2, 0.25) is 0 Å². The van der Waals surface area contributed by atoms with E-state index in [2.05, 4.69) is 55.6 Å². The van der Waals surface area contributed by atoms with Gasteiger partial charge in [0.1, 0.15) is 5.76 Å². The first-order valence-corrected chi connectivity index (χ1v) is 7.60. The number of nitrogens with one attached hydrogen (secondary N) is 1. The average molecular weight is 269 g/mol. The molecule has 106 valence electrons. The summed E-state index contributed by atoms with van der Waals surface area (Å²) in [5.74, 6) is 2.53. The van der Waals surface area contributed by atoms with Gasteiger partial charge in [-0.25, -0.2) is 0 Å². The van der Waals surface area contributed by atoms with Gasteiger partial charge in [-0.1, -0.05) is 44.2 Å². The molecule has 0 radical (unpaired) electrons. The van der Waals surface area contributed by atoms with Gasteiger partial charge in [0.25, 0.3) is 0 Å². The lowest BCUT2D eigenvalue weighted by Gasteiger charge is -2.26. The molecule has 1 aliphatic rings. The van der Waals surface area contributed by atoms with Crippen LogP contribution in [-0.4, -0.2) is 6.04 Å². The zero-order valence-corrected chi connectivity index (χ0v) is 12.3. The molecule has 20 heavy (non-hydrogen) atoms. The van der Waals surface area contributed by atoms with Crippen molar-refractivity contribution in [1.82, 2.24) is 5.32 Å². The Bertz CT molecular complexity index is 520. The van der Waals surface area contributed by atoms with Crippen LogP contribution in [-0.2, 0) is 0 Å². The Morgan fingerprint density at radius 1 is 1.05 bits per heavy atom. The third-order valence-corrected chi connectivity index (χ3v) is 4.81. The zero-order chi connectivity index (χ0) is 13.9. The van der Waals surface area contributed by atoms with Gasteiger partial charge in [0.2, 0.25) is 0 Å². The van der Waals surface area contributed by atoms with Gasteiger partial charge in [0, 0.05) is 6.04 Å². The maximum atomic E-state index is 5.66. The Hall–Kier alpha value is -1.54. The van der Waals surface area contributed by atoms with E-state index >= 15 is 0 Å².